The number of ether oxygens (including phenoxy) is 1. The van der Waals surface area contributed by atoms with Crippen molar-refractivity contribution in [2.24, 2.45) is 0 Å². The summed E-state index contributed by atoms with van der Waals surface area (Å²) in [4.78, 5) is 25.2. The lowest BCUT2D eigenvalue weighted by Gasteiger charge is -2.20. The molecule has 1 N–H and O–H groups in total. The Morgan fingerprint density at radius 3 is 2.67 bits per heavy atom. The van der Waals surface area contributed by atoms with Gasteiger partial charge in [-0.25, -0.2) is 0 Å². The minimum atomic E-state index is -0.117. The predicted molar refractivity (Wildman–Crippen MR) is 83.6 cm³/mol. The molecule has 1 heterocycles. The average Bonchev–Trinajstić information content (AvgIpc) is 2.90. The standard InChI is InChI=1S/C15H20N2O3S/c1-3-13(11-4-6-12(20-2)7-5-11)16-14(18)10-17-8-9-21-15(17)19/h4-7,13H,3,8-10H2,1-2H3,(H,16,18). The first-order valence-corrected chi connectivity index (χ1v) is 7.97. The number of carbonyl (C=O) groups excluding carboxylic acids is 2. The molecule has 0 bridgehead atoms. The maximum absolute atomic E-state index is 12.1. The molecule has 0 aromatic heterocycles. The van der Waals surface area contributed by atoms with Gasteiger partial charge in [0.1, 0.15) is 12.3 Å². The van der Waals surface area contributed by atoms with Crippen LogP contribution in [0.25, 0.3) is 0 Å². The third kappa shape index (κ3) is 4.14. The van der Waals surface area contributed by atoms with Crippen LogP contribution in [-0.2, 0) is 4.79 Å². The van der Waals surface area contributed by atoms with Crippen LogP contribution in [0.2, 0.25) is 0 Å². The van der Waals surface area contributed by atoms with Gasteiger partial charge < -0.3 is 15.0 Å². The van der Waals surface area contributed by atoms with E-state index in [-0.39, 0.29) is 23.7 Å². The number of rotatable bonds is 6. The number of hydrogen-bond donors (Lipinski definition) is 1. The van der Waals surface area contributed by atoms with Gasteiger partial charge in [-0.1, -0.05) is 30.8 Å². The molecule has 1 aromatic rings. The second-order valence-corrected chi connectivity index (χ2v) is 5.88. The molecule has 1 aliphatic heterocycles. The summed E-state index contributed by atoms with van der Waals surface area (Å²) in [5, 5.41) is 2.97. The van der Waals surface area contributed by atoms with Crippen molar-refractivity contribution in [1.29, 1.82) is 0 Å². The van der Waals surface area contributed by atoms with E-state index >= 15 is 0 Å². The first-order chi connectivity index (χ1) is 10.1. The van der Waals surface area contributed by atoms with Gasteiger partial charge in [-0.3, -0.25) is 9.59 Å². The van der Waals surface area contributed by atoms with Gasteiger partial charge in [0.05, 0.1) is 13.2 Å². The molecule has 21 heavy (non-hydrogen) atoms. The van der Waals surface area contributed by atoms with Crippen LogP contribution in [0.1, 0.15) is 24.9 Å². The summed E-state index contributed by atoms with van der Waals surface area (Å²) < 4.78 is 5.13. The average molecular weight is 308 g/mol. The van der Waals surface area contributed by atoms with E-state index in [0.717, 1.165) is 23.5 Å². The summed E-state index contributed by atoms with van der Waals surface area (Å²) in [7, 11) is 1.62. The van der Waals surface area contributed by atoms with Crippen LogP contribution in [0.15, 0.2) is 24.3 Å². The van der Waals surface area contributed by atoms with Crippen LogP contribution in [0.4, 0.5) is 4.79 Å². The van der Waals surface area contributed by atoms with Crippen molar-refractivity contribution in [1.82, 2.24) is 10.2 Å². The fourth-order valence-electron chi connectivity index (χ4n) is 2.24. The van der Waals surface area contributed by atoms with E-state index in [0.29, 0.717) is 6.54 Å². The number of nitrogens with one attached hydrogen (secondary N) is 1. The quantitative estimate of drug-likeness (QED) is 0.877. The highest BCUT2D eigenvalue weighted by molar-refractivity contribution is 8.13. The molecule has 0 saturated carbocycles. The number of nitrogens with zero attached hydrogens (tertiary/aromatic N) is 1. The molecule has 2 rings (SSSR count). The Hall–Kier alpha value is -1.69. The van der Waals surface area contributed by atoms with Gasteiger partial charge in [0, 0.05) is 12.3 Å². The Balaban J connectivity index is 1.94. The zero-order chi connectivity index (χ0) is 15.2. The Morgan fingerprint density at radius 2 is 2.14 bits per heavy atom. The summed E-state index contributed by atoms with van der Waals surface area (Å²) in [5.41, 5.74) is 1.04. The fraction of sp³-hybridized carbons (Fsp3) is 0.467. The normalized spacial score (nSPS) is 15.9. The summed E-state index contributed by atoms with van der Waals surface area (Å²) in [6.07, 6.45) is 0.792. The summed E-state index contributed by atoms with van der Waals surface area (Å²) >= 11 is 1.27. The van der Waals surface area contributed by atoms with Gasteiger partial charge >= 0.3 is 0 Å². The number of amides is 2. The Kier molecular flexibility index (Phi) is 5.50. The van der Waals surface area contributed by atoms with Gasteiger partial charge in [0.2, 0.25) is 5.91 Å². The largest absolute Gasteiger partial charge is 0.497 e. The van der Waals surface area contributed by atoms with Crippen molar-refractivity contribution in [3.63, 3.8) is 0 Å². The van der Waals surface area contributed by atoms with E-state index in [1.54, 1.807) is 12.0 Å². The fourth-order valence-corrected chi connectivity index (χ4v) is 3.06. The van der Waals surface area contributed by atoms with Gasteiger partial charge in [0.15, 0.2) is 0 Å². The minimum absolute atomic E-state index is 0.0114. The van der Waals surface area contributed by atoms with Crippen LogP contribution in [0.3, 0.4) is 0 Å². The van der Waals surface area contributed by atoms with Crippen molar-refractivity contribution < 1.29 is 14.3 Å². The third-order valence-corrected chi connectivity index (χ3v) is 4.33. The molecule has 6 heteroatoms. The van der Waals surface area contributed by atoms with E-state index < -0.39 is 0 Å². The summed E-state index contributed by atoms with van der Waals surface area (Å²) in [6.45, 7) is 2.81. The number of hydrogen-bond acceptors (Lipinski definition) is 4. The second-order valence-electron chi connectivity index (χ2n) is 4.84. The highest BCUT2D eigenvalue weighted by Gasteiger charge is 2.24. The molecule has 1 fully saturated rings. The number of methoxy groups -OCH3 is 1. The topological polar surface area (TPSA) is 58.6 Å². The predicted octanol–water partition coefficient (Wildman–Crippen LogP) is 2.43. The molecule has 5 nitrogen and oxygen atoms in total. The molecule has 1 saturated heterocycles. The molecule has 0 aliphatic carbocycles. The van der Waals surface area contributed by atoms with Gasteiger partial charge in [-0.05, 0) is 24.1 Å². The first-order valence-electron chi connectivity index (χ1n) is 6.99. The lowest BCUT2D eigenvalue weighted by Crippen LogP contribution is -2.38. The molecule has 0 radical (unpaired) electrons. The van der Waals surface area contributed by atoms with Crippen LogP contribution < -0.4 is 10.1 Å². The van der Waals surface area contributed by atoms with E-state index in [2.05, 4.69) is 5.32 Å². The SMILES string of the molecule is CCC(NC(=O)CN1CCSC1=O)c1ccc(OC)cc1. The van der Waals surface area contributed by atoms with Gasteiger partial charge in [-0.2, -0.15) is 0 Å². The molecule has 1 aromatic carbocycles. The molecule has 1 aliphatic rings. The monoisotopic (exact) mass is 308 g/mol. The highest BCUT2D eigenvalue weighted by atomic mass is 32.2. The number of thioether (sulfide) groups is 1. The van der Waals surface area contributed by atoms with Crippen LogP contribution in [0.5, 0.6) is 5.75 Å². The lowest BCUT2D eigenvalue weighted by atomic mass is 10.0. The van der Waals surface area contributed by atoms with E-state index in [1.165, 1.54) is 11.8 Å². The maximum atomic E-state index is 12.1. The Labute approximate surface area is 129 Å². The highest BCUT2D eigenvalue weighted by Crippen LogP contribution is 2.21. The maximum Gasteiger partial charge on any atom is 0.282 e. The van der Waals surface area contributed by atoms with Crippen LogP contribution >= 0.6 is 11.8 Å². The number of carbonyl (C=O) groups is 2. The number of benzene rings is 1. The smallest absolute Gasteiger partial charge is 0.282 e. The zero-order valence-electron chi connectivity index (χ0n) is 12.3. The second kappa shape index (κ2) is 7.36. The molecule has 1 unspecified atom stereocenters. The lowest BCUT2D eigenvalue weighted by molar-refractivity contribution is -0.122. The van der Waals surface area contributed by atoms with Crippen molar-refractivity contribution in [2.45, 2.75) is 19.4 Å². The molecule has 1 atom stereocenters. The third-order valence-electron chi connectivity index (χ3n) is 3.44. The molecule has 0 spiro atoms. The van der Waals surface area contributed by atoms with Crippen molar-refractivity contribution >= 4 is 22.9 Å². The van der Waals surface area contributed by atoms with Crippen molar-refractivity contribution in [3.05, 3.63) is 29.8 Å². The van der Waals surface area contributed by atoms with E-state index in [4.69, 9.17) is 4.74 Å². The Bertz CT molecular complexity index is 504. The van der Waals surface area contributed by atoms with Crippen molar-refractivity contribution in [3.8, 4) is 5.75 Å². The molecular weight excluding hydrogens is 288 g/mol. The van der Waals surface area contributed by atoms with Crippen molar-refractivity contribution in [2.75, 3.05) is 26.0 Å². The molecular formula is C15H20N2O3S. The minimum Gasteiger partial charge on any atom is -0.497 e. The summed E-state index contributed by atoms with van der Waals surface area (Å²) in [6, 6.07) is 7.61. The first kappa shape index (κ1) is 15.7. The van der Waals surface area contributed by atoms with Gasteiger partial charge in [0.25, 0.3) is 5.24 Å². The van der Waals surface area contributed by atoms with Crippen LogP contribution in [-0.4, -0.2) is 42.0 Å². The van der Waals surface area contributed by atoms with E-state index in [9.17, 15) is 9.59 Å². The van der Waals surface area contributed by atoms with Gasteiger partial charge in [-0.15, -0.1) is 0 Å². The zero-order valence-corrected chi connectivity index (χ0v) is 13.1. The van der Waals surface area contributed by atoms with E-state index in [1.807, 2.05) is 31.2 Å². The molecule has 114 valence electrons. The Morgan fingerprint density at radius 1 is 1.43 bits per heavy atom. The van der Waals surface area contributed by atoms with Crippen LogP contribution in [0, 0.1) is 0 Å². The molecule has 2 amide bonds. The summed E-state index contributed by atoms with van der Waals surface area (Å²) in [5.74, 6) is 1.44.